The molecule has 1 aromatic carbocycles. The zero-order valence-corrected chi connectivity index (χ0v) is 16.3. The Morgan fingerprint density at radius 1 is 1.22 bits per heavy atom. The Morgan fingerprint density at radius 2 is 1.89 bits per heavy atom. The van der Waals surface area contributed by atoms with Crippen molar-refractivity contribution in [1.82, 2.24) is 4.90 Å². The van der Waals surface area contributed by atoms with Gasteiger partial charge in [0, 0.05) is 13.1 Å². The SMILES string of the molecule is I.NC(=NCC1CCN(CC(F)(F)F)C1)Nc1ccccc1OC(F)(F)F. The fraction of sp³-hybridized carbons (Fsp3) is 0.533. The van der Waals surface area contributed by atoms with Crippen molar-refractivity contribution in [3.05, 3.63) is 24.3 Å². The van der Waals surface area contributed by atoms with Gasteiger partial charge in [-0.3, -0.25) is 9.89 Å². The lowest BCUT2D eigenvalue weighted by molar-refractivity contribution is -0.274. The van der Waals surface area contributed by atoms with Crippen LogP contribution in [0, 0.1) is 5.92 Å². The standard InChI is InChI=1S/C15H18F6N4O.HI/c16-14(17,18)9-25-6-5-10(8-25)7-23-13(22)24-11-3-1-2-4-12(11)26-15(19,20)21;/h1-4,10H,5-9H2,(H3,22,23,24);1H. The number of halogens is 7. The second-order valence-corrected chi connectivity index (χ2v) is 5.90. The van der Waals surface area contributed by atoms with E-state index in [1.165, 1.54) is 23.1 Å². The fourth-order valence-electron chi connectivity index (χ4n) is 2.65. The Bertz CT molecular complexity index is 637. The molecule has 0 amide bonds. The summed E-state index contributed by atoms with van der Waals surface area (Å²) in [7, 11) is 0. The number of nitrogens with one attached hydrogen (secondary N) is 1. The van der Waals surface area contributed by atoms with Crippen LogP contribution >= 0.6 is 24.0 Å². The van der Waals surface area contributed by atoms with Gasteiger partial charge >= 0.3 is 12.5 Å². The van der Waals surface area contributed by atoms with Crippen LogP contribution in [0.25, 0.3) is 0 Å². The summed E-state index contributed by atoms with van der Waals surface area (Å²) in [6, 6.07) is 5.32. The van der Waals surface area contributed by atoms with Crippen molar-refractivity contribution in [3.63, 3.8) is 0 Å². The van der Waals surface area contributed by atoms with Crippen LogP contribution in [0.15, 0.2) is 29.3 Å². The highest BCUT2D eigenvalue weighted by atomic mass is 127. The van der Waals surface area contributed by atoms with Gasteiger partial charge in [0.2, 0.25) is 0 Å². The van der Waals surface area contributed by atoms with Crippen LogP contribution in [0.2, 0.25) is 0 Å². The minimum atomic E-state index is -4.85. The molecular weight excluding hydrogens is 493 g/mol. The van der Waals surface area contributed by atoms with E-state index >= 15 is 0 Å². The molecule has 3 N–H and O–H groups in total. The monoisotopic (exact) mass is 512 g/mol. The first-order valence-electron chi connectivity index (χ1n) is 7.72. The fourth-order valence-corrected chi connectivity index (χ4v) is 2.65. The van der Waals surface area contributed by atoms with Gasteiger partial charge in [0.1, 0.15) is 0 Å². The van der Waals surface area contributed by atoms with Crippen LogP contribution in [0.5, 0.6) is 5.75 Å². The second kappa shape index (κ2) is 9.66. The average Bonchev–Trinajstić information content (AvgIpc) is 2.91. The molecule has 1 fully saturated rings. The van der Waals surface area contributed by atoms with Gasteiger partial charge in [-0.05, 0) is 31.0 Å². The van der Waals surface area contributed by atoms with E-state index in [4.69, 9.17) is 5.73 Å². The molecule has 1 heterocycles. The van der Waals surface area contributed by atoms with Gasteiger partial charge in [-0.15, -0.1) is 37.1 Å². The van der Waals surface area contributed by atoms with Crippen molar-refractivity contribution in [2.45, 2.75) is 19.0 Å². The Labute approximate surface area is 169 Å². The van der Waals surface area contributed by atoms with Gasteiger partial charge in [-0.2, -0.15) is 13.2 Å². The molecule has 0 aromatic heterocycles. The molecule has 1 aliphatic heterocycles. The second-order valence-electron chi connectivity index (χ2n) is 5.90. The van der Waals surface area contributed by atoms with Crippen LogP contribution in [0.3, 0.4) is 0 Å². The number of alkyl halides is 6. The van der Waals surface area contributed by atoms with Gasteiger partial charge in [-0.25, -0.2) is 0 Å². The molecule has 1 atom stereocenters. The number of rotatable bonds is 5. The first-order valence-corrected chi connectivity index (χ1v) is 7.72. The largest absolute Gasteiger partial charge is 0.573 e. The number of guanidine groups is 1. The number of ether oxygens (including phenoxy) is 1. The summed E-state index contributed by atoms with van der Waals surface area (Å²) in [5.41, 5.74) is 5.64. The lowest BCUT2D eigenvalue weighted by atomic mass is 10.1. The quantitative estimate of drug-likeness (QED) is 0.273. The van der Waals surface area contributed by atoms with Crippen molar-refractivity contribution in [2.24, 2.45) is 16.6 Å². The molecule has 5 nitrogen and oxygen atoms in total. The Balaban J connectivity index is 0.00000364. The highest BCUT2D eigenvalue weighted by Crippen LogP contribution is 2.29. The molecule has 1 unspecified atom stereocenters. The number of anilines is 1. The lowest BCUT2D eigenvalue weighted by Crippen LogP contribution is -2.32. The molecule has 1 aliphatic rings. The van der Waals surface area contributed by atoms with Gasteiger partial charge in [0.05, 0.1) is 12.2 Å². The molecule has 1 aromatic rings. The van der Waals surface area contributed by atoms with Gasteiger partial charge in [-0.1, -0.05) is 12.1 Å². The zero-order valence-electron chi connectivity index (χ0n) is 14.0. The number of nitrogens with two attached hydrogens (primary N) is 1. The molecule has 0 spiro atoms. The average molecular weight is 512 g/mol. The van der Waals surface area contributed by atoms with E-state index in [2.05, 4.69) is 15.0 Å². The summed E-state index contributed by atoms with van der Waals surface area (Å²) >= 11 is 0. The number of hydrogen-bond acceptors (Lipinski definition) is 3. The van der Waals surface area contributed by atoms with Gasteiger partial charge in [0.15, 0.2) is 11.7 Å². The Kier molecular flexibility index (Phi) is 8.45. The Morgan fingerprint density at radius 3 is 2.52 bits per heavy atom. The summed E-state index contributed by atoms with van der Waals surface area (Å²) < 4.78 is 78.1. The predicted molar refractivity (Wildman–Crippen MR) is 99.3 cm³/mol. The third-order valence-electron chi connectivity index (χ3n) is 3.67. The lowest BCUT2D eigenvalue weighted by Gasteiger charge is -2.17. The molecule has 0 saturated carbocycles. The van der Waals surface area contributed by atoms with Crippen LogP contribution in [-0.2, 0) is 0 Å². The molecule has 0 radical (unpaired) electrons. The molecule has 12 heteroatoms. The van der Waals surface area contributed by atoms with Crippen LogP contribution in [0.1, 0.15) is 6.42 Å². The zero-order chi connectivity index (χ0) is 19.4. The number of aliphatic imine (C=N–C) groups is 1. The molecular formula is C15H19F6IN4O. The van der Waals surface area contributed by atoms with Crippen molar-refractivity contribution in [3.8, 4) is 5.75 Å². The van der Waals surface area contributed by atoms with E-state index in [1.807, 2.05) is 0 Å². The molecule has 0 bridgehead atoms. The smallest absolute Gasteiger partial charge is 0.404 e. The highest BCUT2D eigenvalue weighted by molar-refractivity contribution is 14.0. The van der Waals surface area contributed by atoms with Gasteiger partial charge < -0.3 is 15.8 Å². The summed E-state index contributed by atoms with van der Waals surface area (Å²) in [5.74, 6) is -0.702. The number of benzene rings is 1. The van der Waals surface area contributed by atoms with Crippen molar-refractivity contribution in [1.29, 1.82) is 0 Å². The van der Waals surface area contributed by atoms with Crippen LogP contribution < -0.4 is 15.8 Å². The summed E-state index contributed by atoms with van der Waals surface area (Å²) in [6.07, 6.45) is -8.56. The minimum absolute atomic E-state index is 0. The maximum atomic E-state index is 12.4. The number of likely N-dealkylation sites (tertiary alicyclic amines) is 1. The topological polar surface area (TPSA) is 62.9 Å². The Hall–Kier alpha value is -1.44. The van der Waals surface area contributed by atoms with E-state index < -0.39 is 24.8 Å². The molecule has 27 heavy (non-hydrogen) atoms. The van der Waals surface area contributed by atoms with Gasteiger partial charge in [0.25, 0.3) is 0 Å². The van der Waals surface area contributed by atoms with E-state index in [-0.39, 0.29) is 54.6 Å². The van der Waals surface area contributed by atoms with E-state index in [1.54, 1.807) is 0 Å². The molecule has 154 valence electrons. The summed E-state index contributed by atoms with van der Waals surface area (Å²) in [5, 5.41) is 2.52. The number of para-hydroxylation sites is 2. The first-order chi connectivity index (χ1) is 12.0. The highest BCUT2D eigenvalue weighted by Gasteiger charge is 2.34. The van der Waals surface area contributed by atoms with Crippen molar-refractivity contribution < 1.29 is 31.1 Å². The van der Waals surface area contributed by atoms with E-state index in [0.717, 1.165) is 6.07 Å². The predicted octanol–water partition coefficient (Wildman–Crippen LogP) is 3.81. The van der Waals surface area contributed by atoms with Crippen LogP contribution in [-0.4, -0.2) is 49.6 Å². The van der Waals surface area contributed by atoms with Crippen molar-refractivity contribution in [2.75, 3.05) is 31.5 Å². The molecule has 0 aliphatic carbocycles. The van der Waals surface area contributed by atoms with Crippen LogP contribution in [0.4, 0.5) is 32.0 Å². The maximum absolute atomic E-state index is 12.4. The summed E-state index contributed by atoms with van der Waals surface area (Å²) in [4.78, 5) is 5.30. The van der Waals surface area contributed by atoms with E-state index in [0.29, 0.717) is 13.0 Å². The maximum Gasteiger partial charge on any atom is 0.573 e. The number of nitrogens with zero attached hydrogens (tertiary/aromatic N) is 2. The van der Waals surface area contributed by atoms with Crippen molar-refractivity contribution >= 4 is 35.6 Å². The minimum Gasteiger partial charge on any atom is -0.404 e. The normalized spacial score (nSPS) is 18.9. The third kappa shape index (κ3) is 8.86. The molecule has 2 rings (SSSR count). The molecule has 1 saturated heterocycles. The van der Waals surface area contributed by atoms with E-state index in [9.17, 15) is 26.3 Å². The number of hydrogen-bond donors (Lipinski definition) is 2. The third-order valence-corrected chi connectivity index (χ3v) is 3.67. The first kappa shape index (κ1) is 23.6. The summed E-state index contributed by atoms with van der Waals surface area (Å²) in [6.45, 7) is -0.238.